The van der Waals surface area contributed by atoms with E-state index in [1.54, 1.807) is 19.1 Å². The number of nitrogens with one attached hydrogen (secondary N) is 1. The molecular formula is C13H17F2NO2. The number of ether oxygens (including phenoxy) is 1. The van der Waals surface area contributed by atoms with E-state index in [2.05, 4.69) is 10.1 Å². The summed E-state index contributed by atoms with van der Waals surface area (Å²) in [5, 5.41) is 2.80. The summed E-state index contributed by atoms with van der Waals surface area (Å²) < 4.78 is 28.5. The summed E-state index contributed by atoms with van der Waals surface area (Å²) >= 11 is 0. The zero-order valence-electron chi connectivity index (χ0n) is 10.5. The monoisotopic (exact) mass is 257 g/mol. The predicted octanol–water partition coefficient (Wildman–Crippen LogP) is 3.27. The van der Waals surface area contributed by atoms with Gasteiger partial charge in [-0.3, -0.25) is 4.79 Å². The third-order valence-electron chi connectivity index (χ3n) is 2.44. The molecule has 1 amide bonds. The normalized spacial score (nSPS) is 12.3. The number of benzene rings is 1. The van der Waals surface area contributed by atoms with Gasteiger partial charge in [0.1, 0.15) is 5.75 Å². The molecule has 18 heavy (non-hydrogen) atoms. The summed E-state index contributed by atoms with van der Waals surface area (Å²) in [7, 11) is 0. The molecule has 0 aliphatic heterocycles. The fourth-order valence-electron chi connectivity index (χ4n) is 1.58. The van der Waals surface area contributed by atoms with Gasteiger partial charge in [-0.2, -0.15) is 8.78 Å². The molecule has 1 rings (SSSR count). The fraction of sp³-hybridized carbons (Fsp3) is 0.462. The standard InChI is InChI=1S/C13H17F2NO2/c1-3-5-12(17)16-9(2)10-6-4-7-11(8-10)18-13(14)15/h4,6-9,13H,3,5H2,1-2H3,(H,16,17). The van der Waals surface area contributed by atoms with E-state index in [0.29, 0.717) is 6.42 Å². The lowest BCUT2D eigenvalue weighted by Gasteiger charge is -2.15. The van der Waals surface area contributed by atoms with Crippen molar-refractivity contribution in [1.82, 2.24) is 5.32 Å². The van der Waals surface area contributed by atoms with E-state index in [0.717, 1.165) is 12.0 Å². The van der Waals surface area contributed by atoms with Crippen LogP contribution < -0.4 is 10.1 Å². The highest BCUT2D eigenvalue weighted by atomic mass is 19.3. The molecule has 0 aliphatic rings. The van der Waals surface area contributed by atoms with Crippen LogP contribution in [0.3, 0.4) is 0 Å². The van der Waals surface area contributed by atoms with Crippen LogP contribution in [0, 0.1) is 0 Å². The van der Waals surface area contributed by atoms with Crippen molar-refractivity contribution in [3.8, 4) is 5.75 Å². The minimum atomic E-state index is -2.84. The Hall–Kier alpha value is -1.65. The summed E-state index contributed by atoms with van der Waals surface area (Å²) in [4.78, 5) is 11.4. The van der Waals surface area contributed by atoms with E-state index < -0.39 is 6.61 Å². The van der Waals surface area contributed by atoms with Crippen LogP contribution in [-0.2, 0) is 4.79 Å². The Bertz CT molecular complexity index is 396. The molecular weight excluding hydrogens is 240 g/mol. The van der Waals surface area contributed by atoms with Gasteiger partial charge in [-0.05, 0) is 31.0 Å². The lowest BCUT2D eigenvalue weighted by molar-refractivity contribution is -0.121. The van der Waals surface area contributed by atoms with Gasteiger partial charge in [0.15, 0.2) is 0 Å². The van der Waals surface area contributed by atoms with E-state index >= 15 is 0 Å². The fourth-order valence-corrected chi connectivity index (χ4v) is 1.58. The molecule has 1 unspecified atom stereocenters. The van der Waals surface area contributed by atoms with E-state index in [9.17, 15) is 13.6 Å². The van der Waals surface area contributed by atoms with Gasteiger partial charge < -0.3 is 10.1 Å². The first-order chi connectivity index (χ1) is 8.52. The Morgan fingerprint density at radius 1 is 1.44 bits per heavy atom. The van der Waals surface area contributed by atoms with Crippen LogP contribution in [0.5, 0.6) is 5.75 Å². The molecule has 0 spiro atoms. The number of carbonyl (C=O) groups is 1. The molecule has 1 atom stereocenters. The number of hydrogen-bond donors (Lipinski definition) is 1. The van der Waals surface area contributed by atoms with Crippen molar-refractivity contribution in [2.75, 3.05) is 0 Å². The van der Waals surface area contributed by atoms with Gasteiger partial charge in [0.2, 0.25) is 5.91 Å². The molecule has 0 saturated carbocycles. The first kappa shape index (κ1) is 14.4. The van der Waals surface area contributed by atoms with Crippen LogP contribution in [0.15, 0.2) is 24.3 Å². The average molecular weight is 257 g/mol. The molecule has 1 aromatic rings. The summed E-state index contributed by atoms with van der Waals surface area (Å²) in [6, 6.07) is 6.11. The zero-order chi connectivity index (χ0) is 13.5. The van der Waals surface area contributed by atoms with Crippen LogP contribution in [-0.4, -0.2) is 12.5 Å². The van der Waals surface area contributed by atoms with Crippen LogP contribution in [0.1, 0.15) is 38.3 Å². The SMILES string of the molecule is CCCC(=O)NC(C)c1cccc(OC(F)F)c1. The van der Waals surface area contributed by atoms with Gasteiger partial charge in [0.25, 0.3) is 0 Å². The molecule has 0 heterocycles. The largest absolute Gasteiger partial charge is 0.435 e. The second kappa shape index (κ2) is 6.93. The Kier molecular flexibility index (Phi) is 5.55. The topological polar surface area (TPSA) is 38.3 Å². The molecule has 0 saturated heterocycles. The second-order valence-corrected chi connectivity index (χ2v) is 3.99. The van der Waals surface area contributed by atoms with Crippen molar-refractivity contribution < 1.29 is 18.3 Å². The van der Waals surface area contributed by atoms with E-state index in [-0.39, 0.29) is 17.7 Å². The van der Waals surface area contributed by atoms with Gasteiger partial charge >= 0.3 is 6.61 Å². The maximum absolute atomic E-state index is 12.1. The lowest BCUT2D eigenvalue weighted by atomic mass is 10.1. The predicted molar refractivity (Wildman–Crippen MR) is 64.5 cm³/mol. The lowest BCUT2D eigenvalue weighted by Crippen LogP contribution is -2.26. The molecule has 0 aliphatic carbocycles. The number of amides is 1. The summed E-state index contributed by atoms with van der Waals surface area (Å²) in [6.45, 7) is 0.876. The van der Waals surface area contributed by atoms with Gasteiger partial charge in [0, 0.05) is 6.42 Å². The van der Waals surface area contributed by atoms with Crippen LogP contribution in [0.4, 0.5) is 8.78 Å². The van der Waals surface area contributed by atoms with Crippen molar-refractivity contribution in [2.45, 2.75) is 39.3 Å². The first-order valence-electron chi connectivity index (χ1n) is 5.87. The number of rotatable bonds is 6. The average Bonchev–Trinajstić information content (AvgIpc) is 2.28. The Balaban J connectivity index is 2.67. The van der Waals surface area contributed by atoms with E-state index in [1.165, 1.54) is 12.1 Å². The quantitative estimate of drug-likeness (QED) is 0.849. The number of halogens is 2. The van der Waals surface area contributed by atoms with Crippen molar-refractivity contribution >= 4 is 5.91 Å². The second-order valence-electron chi connectivity index (χ2n) is 3.99. The summed E-state index contributed by atoms with van der Waals surface area (Å²) in [5.74, 6) is 0.0456. The van der Waals surface area contributed by atoms with Crippen molar-refractivity contribution in [3.63, 3.8) is 0 Å². The van der Waals surface area contributed by atoms with Crippen molar-refractivity contribution in [3.05, 3.63) is 29.8 Å². The molecule has 100 valence electrons. The Labute approximate surface area is 105 Å². The Morgan fingerprint density at radius 3 is 2.78 bits per heavy atom. The minimum absolute atomic E-state index is 0.0508. The third-order valence-corrected chi connectivity index (χ3v) is 2.44. The Morgan fingerprint density at radius 2 is 2.17 bits per heavy atom. The highest BCUT2D eigenvalue weighted by molar-refractivity contribution is 5.76. The number of hydrogen-bond acceptors (Lipinski definition) is 2. The molecule has 0 fully saturated rings. The maximum atomic E-state index is 12.1. The van der Waals surface area contributed by atoms with E-state index in [1.807, 2.05) is 6.92 Å². The zero-order valence-corrected chi connectivity index (χ0v) is 10.5. The van der Waals surface area contributed by atoms with Crippen LogP contribution in [0.25, 0.3) is 0 Å². The van der Waals surface area contributed by atoms with Gasteiger partial charge in [-0.25, -0.2) is 0 Å². The van der Waals surface area contributed by atoms with Crippen molar-refractivity contribution in [1.29, 1.82) is 0 Å². The van der Waals surface area contributed by atoms with Crippen LogP contribution >= 0.6 is 0 Å². The molecule has 0 bridgehead atoms. The molecule has 0 aromatic heterocycles. The van der Waals surface area contributed by atoms with Crippen LogP contribution in [0.2, 0.25) is 0 Å². The maximum Gasteiger partial charge on any atom is 0.387 e. The molecule has 1 N–H and O–H groups in total. The van der Waals surface area contributed by atoms with Crippen molar-refractivity contribution in [2.24, 2.45) is 0 Å². The number of alkyl halides is 2. The molecule has 0 radical (unpaired) electrons. The third kappa shape index (κ3) is 4.69. The smallest absolute Gasteiger partial charge is 0.387 e. The first-order valence-corrected chi connectivity index (χ1v) is 5.87. The number of carbonyl (C=O) groups excluding carboxylic acids is 1. The molecule has 3 nitrogen and oxygen atoms in total. The summed E-state index contributed by atoms with van der Waals surface area (Å²) in [6.07, 6.45) is 1.23. The van der Waals surface area contributed by atoms with Gasteiger partial charge in [-0.15, -0.1) is 0 Å². The summed E-state index contributed by atoms with van der Waals surface area (Å²) in [5.41, 5.74) is 0.734. The molecule has 1 aromatic carbocycles. The van der Waals surface area contributed by atoms with Gasteiger partial charge in [-0.1, -0.05) is 19.1 Å². The minimum Gasteiger partial charge on any atom is -0.435 e. The van der Waals surface area contributed by atoms with Gasteiger partial charge in [0.05, 0.1) is 6.04 Å². The van der Waals surface area contributed by atoms with E-state index in [4.69, 9.17) is 0 Å². The highest BCUT2D eigenvalue weighted by Gasteiger charge is 2.11. The highest BCUT2D eigenvalue weighted by Crippen LogP contribution is 2.20. The molecule has 5 heteroatoms.